The Balaban J connectivity index is 1.41. The maximum atomic E-state index is 14.0. The topological polar surface area (TPSA) is 29.5 Å². The van der Waals surface area contributed by atoms with Gasteiger partial charge < -0.3 is 9.64 Å². The first kappa shape index (κ1) is 21.2. The number of benzene rings is 3. The van der Waals surface area contributed by atoms with E-state index in [4.69, 9.17) is 4.74 Å². The molecule has 1 amide bonds. The molecule has 3 nitrogen and oxygen atoms in total. The molecule has 2 heterocycles. The summed E-state index contributed by atoms with van der Waals surface area (Å²) in [5.74, 6) is 0.990. The molecule has 0 N–H and O–H groups in total. The van der Waals surface area contributed by atoms with Crippen LogP contribution in [0.1, 0.15) is 49.1 Å². The minimum Gasteiger partial charge on any atom is -0.497 e. The fourth-order valence-corrected chi connectivity index (χ4v) is 6.58. The zero-order valence-corrected chi connectivity index (χ0v) is 20.3. The van der Waals surface area contributed by atoms with Crippen molar-refractivity contribution < 1.29 is 9.53 Å². The van der Waals surface area contributed by atoms with Gasteiger partial charge in [0.25, 0.3) is 5.91 Å². The lowest BCUT2D eigenvalue weighted by molar-refractivity contribution is 0.0699. The molecule has 2 aliphatic rings. The van der Waals surface area contributed by atoms with E-state index in [2.05, 4.69) is 78.6 Å². The molecule has 0 bridgehead atoms. The van der Waals surface area contributed by atoms with Gasteiger partial charge in [0, 0.05) is 11.4 Å². The SMILES string of the molecule is COc1ccc2c(c1)-c1sc(C(=O)N3CCc4ccccc4[C@H]3c3ccc(C)cc3)cc1CC2. The molecule has 0 fully saturated rings. The van der Waals surface area contributed by atoms with Gasteiger partial charge >= 0.3 is 0 Å². The van der Waals surface area contributed by atoms with E-state index in [1.54, 1.807) is 18.4 Å². The van der Waals surface area contributed by atoms with E-state index in [1.165, 1.54) is 43.8 Å². The number of rotatable bonds is 3. The van der Waals surface area contributed by atoms with Gasteiger partial charge in [-0.1, -0.05) is 60.2 Å². The van der Waals surface area contributed by atoms with Crippen molar-refractivity contribution in [3.63, 3.8) is 0 Å². The molecule has 1 atom stereocenters. The van der Waals surface area contributed by atoms with Crippen LogP contribution in [0.3, 0.4) is 0 Å². The highest BCUT2D eigenvalue weighted by Gasteiger charge is 2.34. The van der Waals surface area contributed by atoms with Crippen molar-refractivity contribution in [3.8, 4) is 16.2 Å². The number of ether oxygens (including phenoxy) is 1. The summed E-state index contributed by atoms with van der Waals surface area (Å²) in [4.78, 5) is 18.2. The molecule has 1 aliphatic carbocycles. The van der Waals surface area contributed by atoms with Crippen LogP contribution in [0.4, 0.5) is 0 Å². The van der Waals surface area contributed by atoms with Crippen molar-refractivity contribution in [3.05, 3.63) is 111 Å². The number of nitrogens with zero attached hydrogens (tertiary/aromatic N) is 1. The number of fused-ring (bicyclic) bond motifs is 4. The van der Waals surface area contributed by atoms with Crippen LogP contribution in [0.5, 0.6) is 5.75 Å². The highest BCUT2D eigenvalue weighted by molar-refractivity contribution is 7.17. The van der Waals surface area contributed by atoms with E-state index in [1.807, 2.05) is 6.07 Å². The van der Waals surface area contributed by atoms with Gasteiger partial charge in [-0.05, 0) is 77.8 Å². The van der Waals surface area contributed by atoms with E-state index < -0.39 is 0 Å². The van der Waals surface area contributed by atoms with Crippen LogP contribution < -0.4 is 4.74 Å². The maximum absolute atomic E-state index is 14.0. The second kappa shape index (κ2) is 8.44. The number of hydrogen-bond donors (Lipinski definition) is 0. The average Bonchev–Trinajstić information content (AvgIpc) is 3.33. The highest BCUT2D eigenvalue weighted by atomic mass is 32.1. The Kier molecular flexibility index (Phi) is 5.26. The van der Waals surface area contributed by atoms with Crippen molar-refractivity contribution in [2.24, 2.45) is 0 Å². The normalized spacial score (nSPS) is 16.4. The van der Waals surface area contributed by atoms with E-state index in [0.29, 0.717) is 0 Å². The third-order valence-corrected chi connectivity index (χ3v) is 8.38. The highest BCUT2D eigenvalue weighted by Crippen LogP contribution is 2.43. The van der Waals surface area contributed by atoms with Crippen molar-refractivity contribution in [2.45, 2.75) is 32.2 Å². The Morgan fingerprint density at radius 1 is 0.912 bits per heavy atom. The third kappa shape index (κ3) is 3.54. The molecule has 0 radical (unpaired) electrons. The van der Waals surface area contributed by atoms with Crippen molar-refractivity contribution in [2.75, 3.05) is 13.7 Å². The first-order valence-electron chi connectivity index (χ1n) is 11.9. The predicted molar refractivity (Wildman–Crippen MR) is 138 cm³/mol. The van der Waals surface area contributed by atoms with Crippen LogP contribution in [-0.4, -0.2) is 24.5 Å². The van der Waals surface area contributed by atoms with Gasteiger partial charge in [-0.3, -0.25) is 4.79 Å². The molecule has 170 valence electrons. The van der Waals surface area contributed by atoms with Crippen LogP contribution in [0.25, 0.3) is 10.4 Å². The first-order valence-corrected chi connectivity index (χ1v) is 12.7. The average molecular weight is 466 g/mol. The van der Waals surface area contributed by atoms with E-state index >= 15 is 0 Å². The van der Waals surface area contributed by atoms with Gasteiger partial charge in [-0.15, -0.1) is 11.3 Å². The minimum absolute atomic E-state index is 0.0652. The Labute approximate surface area is 204 Å². The fraction of sp³-hybridized carbons (Fsp3) is 0.233. The first-order chi connectivity index (χ1) is 16.6. The molecule has 3 aromatic carbocycles. The van der Waals surface area contributed by atoms with E-state index in [9.17, 15) is 4.79 Å². The van der Waals surface area contributed by atoms with E-state index in [0.717, 1.165) is 36.4 Å². The van der Waals surface area contributed by atoms with Crippen molar-refractivity contribution in [1.82, 2.24) is 4.90 Å². The Morgan fingerprint density at radius 2 is 1.71 bits per heavy atom. The molecule has 0 spiro atoms. The van der Waals surface area contributed by atoms with Crippen LogP contribution in [0, 0.1) is 6.92 Å². The van der Waals surface area contributed by atoms with Gasteiger partial charge in [-0.2, -0.15) is 0 Å². The standard InChI is InChI=1S/C30H27NO2S/c1-19-7-9-22(10-8-19)28-25-6-4-3-5-20(25)15-16-31(28)30(32)27-17-23-12-11-21-13-14-24(33-2)18-26(21)29(23)34-27/h3-10,13-14,17-18,28H,11-12,15-16H2,1-2H3/t28-/m1/s1. The summed E-state index contributed by atoms with van der Waals surface area (Å²) in [5, 5.41) is 0. The lowest BCUT2D eigenvalue weighted by Crippen LogP contribution is -2.40. The van der Waals surface area contributed by atoms with Crippen molar-refractivity contribution >= 4 is 17.2 Å². The monoisotopic (exact) mass is 465 g/mol. The van der Waals surface area contributed by atoms with Gasteiger partial charge in [0.05, 0.1) is 18.0 Å². The number of carbonyl (C=O) groups is 1. The van der Waals surface area contributed by atoms with Gasteiger partial charge in [0.1, 0.15) is 5.75 Å². The number of methoxy groups -OCH3 is 1. The summed E-state index contributed by atoms with van der Waals surface area (Å²) in [6.45, 7) is 2.83. The van der Waals surface area contributed by atoms with Crippen LogP contribution in [0.15, 0.2) is 72.8 Å². The summed E-state index contributed by atoms with van der Waals surface area (Å²) < 4.78 is 5.48. The molecule has 34 heavy (non-hydrogen) atoms. The molecule has 0 saturated carbocycles. The van der Waals surface area contributed by atoms with Crippen LogP contribution in [-0.2, 0) is 19.3 Å². The zero-order chi connectivity index (χ0) is 23.2. The Bertz CT molecular complexity index is 1390. The molecule has 4 heteroatoms. The van der Waals surface area contributed by atoms with E-state index in [-0.39, 0.29) is 11.9 Å². The second-order valence-corrected chi connectivity index (χ2v) is 10.3. The summed E-state index contributed by atoms with van der Waals surface area (Å²) >= 11 is 1.63. The van der Waals surface area contributed by atoms with Crippen LogP contribution >= 0.6 is 11.3 Å². The Morgan fingerprint density at radius 3 is 2.53 bits per heavy atom. The molecule has 0 unspecified atom stereocenters. The molecule has 1 aromatic heterocycles. The number of carbonyl (C=O) groups excluding carboxylic acids is 1. The lowest BCUT2D eigenvalue weighted by atomic mass is 9.87. The largest absolute Gasteiger partial charge is 0.497 e. The quantitative estimate of drug-likeness (QED) is 0.340. The second-order valence-electron chi connectivity index (χ2n) is 9.25. The molecular weight excluding hydrogens is 438 g/mol. The summed E-state index contributed by atoms with van der Waals surface area (Å²) in [7, 11) is 1.70. The smallest absolute Gasteiger partial charge is 0.264 e. The molecule has 1 aliphatic heterocycles. The summed E-state index contributed by atoms with van der Waals surface area (Å²) in [5.41, 5.74) is 8.79. The summed E-state index contributed by atoms with van der Waals surface area (Å²) in [6.07, 6.45) is 2.86. The fourth-order valence-electron chi connectivity index (χ4n) is 5.36. The van der Waals surface area contributed by atoms with Gasteiger partial charge in [0.2, 0.25) is 0 Å². The maximum Gasteiger partial charge on any atom is 0.264 e. The predicted octanol–water partition coefficient (Wildman–Crippen LogP) is 6.62. The van der Waals surface area contributed by atoms with Crippen molar-refractivity contribution in [1.29, 1.82) is 0 Å². The molecule has 6 rings (SSSR count). The van der Waals surface area contributed by atoms with Gasteiger partial charge in [-0.25, -0.2) is 0 Å². The summed E-state index contributed by atoms with van der Waals surface area (Å²) in [6, 6.07) is 25.6. The number of aryl methyl sites for hydroxylation is 3. The number of amides is 1. The molecular formula is C30H27NO2S. The minimum atomic E-state index is -0.0652. The zero-order valence-electron chi connectivity index (χ0n) is 19.5. The molecule has 4 aromatic rings. The lowest BCUT2D eigenvalue weighted by Gasteiger charge is -2.37. The van der Waals surface area contributed by atoms with Crippen LogP contribution in [0.2, 0.25) is 0 Å². The molecule has 0 saturated heterocycles. The number of hydrogen-bond acceptors (Lipinski definition) is 3. The number of thiophene rings is 1. The third-order valence-electron chi connectivity index (χ3n) is 7.18. The Hall–Kier alpha value is -3.37. The van der Waals surface area contributed by atoms with Gasteiger partial charge in [0.15, 0.2) is 0 Å².